The fourth-order valence-electron chi connectivity index (χ4n) is 2.83. The Bertz CT molecular complexity index is 854. The molecule has 1 aliphatic rings. The number of pyridine rings is 1. The van der Waals surface area contributed by atoms with Gasteiger partial charge in [0.1, 0.15) is 11.6 Å². The second-order valence-corrected chi connectivity index (χ2v) is 6.79. The number of carbonyl (C=O) groups is 1. The fraction of sp³-hybridized carbons (Fsp3) is 0.316. The van der Waals surface area contributed by atoms with Crippen molar-refractivity contribution in [2.24, 2.45) is 10.9 Å². The summed E-state index contributed by atoms with van der Waals surface area (Å²) < 4.78 is 13.1. The van der Waals surface area contributed by atoms with E-state index >= 15 is 0 Å². The summed E-state index contributed by atoms with van der Waals surface area (Å²) in [6.07, 6.45) is 5.24. The zero-order valence-corrected chi connectivity index (χ0v) is 16.0. The van der Waals surface area contributed by atoms with E-state index in [0.29, 0.717) is 11.3 Å². The second-order valence-electron chi connectivity index (χ2n) is 6.38. The molecular weight excluding hydrogens is 385 g/mol. The number of amides is 1. The van der Waals surface area contributed by atoms with E-state index in [1.54, 1.807) is 6.20 Å². The topological polar surface area (TPSA) is 92.8 Å². The first kappa shape index (κ1) is 19.9. The SMILES string of the molecule is N/C(=N\OCC(=O)Nc1ccc(F)c(Cl)c1)c1ccc(N2CCCCC2)nc1. The highest BCUT2D eigenvalue weighted by atomic mass is 35.5. The smallest absolute Gasteiger partial charge is 0.265 e. The van der Waals surface area contributed by atoms with Crippen LogP contribution in [0.15, 0.2) is 41.7 Å². The molecule has 3 N–H and O–H groups in total. The highest BCUT2D eigenvalue weighted by Crippen LogP contribution is 2.19. The molecule has 1 aromatic carbocycles. The molecule has 1 amide bonds. The van der Waals surface area contributed by atoms with Crippen LogP contribution < -0.4 is 16.0 Å². The molecule has 0 radical (unpaired) electrons. The molecule has 0 atom stereocenters. The van der Waals surface area contributed by atoms with Gasteiger partial charge in [-0.15, -0.1) is 0 Å². The van der Waals surface area contributed by atoms with Crippen molar-refractivity contribution in [1.29, 1.82) is 0 Å². The third kappa shape index (κ3) is 5.32. The van der Waals surface area contributed by atoms with Crippen molar-refractivity contribution in [3.63, 3.8) is 0 Å². The molecule has 2 aromatic rings. The largest absolute Gasteiger partial charge is 0.384 e. The number of nitrogens with two attached hydrogens (primary N) is 1. The lowest BCUT2D eigenvalue weighted by molar-refractivity contribution is -0.120. The number of carbonyl (C=O) groups excluding carboxylic acids is 1. The van der Waals surface area contributed by atoms with E-state index in [1.807, 2.05) is 12.1 Å². The number of rotatable bonds is 6. The quantitative estimate of drug-likeness (QED) is 0.437. The number of nitrogens with zero attached hydrogens (tertiary/aromatic N) is 3. The van der Waals surface area contributed by atoms with Crippen LogP contribution in [-0.2, 0) is 9.63 Å². The van der Waals surface area contributed by atoms with Crippen LogP contribution in [0.4, 0.5) is 15.9 Å². The predicted molar refractivity (Wildman–Crippen MR) is 107 cm³/mol. The van der Waals surface area contributed by atoms with Crippen LogP contribution in [0.1, 0.15) is 24.8 Å². The Labute approximate surface area is 167 Å². The molecule has 1 aliphatic heterocycles. The van der Waals surface area contributed by atoms with Gasteiger partial charge in [-0.3, -0.25) is 4.79 Å². The zero-order chi connectivity index (χ0) is 19.9. The summed E-state index contributed by atoms with van der Waals surface area (Å²) in [5.41, 5.74) is 6.84. The number of piperidine rings is 1. The van der Waals surface area contributed by atoms with Gasteiger partial charge in [-0.25, -0.2) is 9.37 Å². The van der Waals surface area contributed by atoms with E-state index in [2.05, 4.69) is 20.4 Å². The monoisotopic (exact) mass is 405 g/mol. The Balaban J connectivity index is 1.50. The van der Waals surface area contributed by atoms with Crippen LogP contribution in [0.25, 0.3) is 0 Å². The summed E-state index contributed by atoms with van der Waals surface area (Å²) in [6, 6.07) is 7.58. The summed E-state index contributed by atoms with van der Waals surface area (Å²) in [7, 11) is 0. The molecule has 1 fully saturated rings. The maximum absolute atomic E-state index is 13.1. The van der Waals surface area contributed by atoms with Crippen molar-refractivity contribution >= 4 is 34.8 Å². The Hall–Kier alpha value is -2.87. The summed E-state index contributed by atoms with van der Waals surface area (Å²) in [5, 5.41) is 6.19. The van der Waals surface area contributed by atoms with Crippen LogP contribution in [0.5, 0.6) is 0 Å². The lowest BCUT2D eigenvalue weighted by Crippen LogP contribution is -2.30. The number of anilines is 2. The third-order valence-corrected chi connectivity index (χ3v) is 4.58. The molecule has 0 spiro atoms. The highest BCUT2D eigenvalue weighted by molar-refractivity contribution is 6.31. The standard InChI is InChI=1S/C19H21ClFN5O2/c20-15-10-14(5-6-16(15)21)24-18(27)12-28-25-19(22)13-4-7-17(23-11-13)26-8-2-1-3-9-26/h4-7,10-11H,1-3,8-9,12H2,(H2,22,25)(H,24,27). The van der Waals surface area contributed by atoms with Gasteiger partial charge in [0.05, 0.1) is 5.02 Å². The molecule has 148 valence electrons. The van der Waals surface area contributed by atoms with E-state index in [9.17, 15) is 9.18 Å². The van der Waals surface area contributed by atoms with Crippen molar-refractivity contribution in [3.8, 4) is 0 Å². The first-order valence-electron chi connectivity index (χ1n) is 8.94. The molecule has 0 unspecified atom stereocenters. The lowest BCUT2D eigenvalue weighted by Gasteiger charge is -2.27. The highest BCUT2D eigenvalue weighted by Gasteiger charge is 2.12. The molecule has 7 nitrogen and oxygen atoms in total. The number of amidine groups is 1. The Morgan fingerprint density at radius 2 is 2.07 bits per heavy atom. The van der Waals surface area contributed by atoms with Gasteiger partial charge in [-0.1, -0.05) is 16.8 Å². The Kier molecular flexibility index (Phi) is 6.65. The molecule has 3 rings (SSSR count). The van der Waals surface area contributed by atoms with Gasteiger partial charge in [-0.05, 0) is 49.6 Å². The van der Waals surface area contributed by atoms with Crippen LogP contribution in [-0.4, -0.2) is 36.4 Å². The van der Waals surface area contributed by atoms with Crippen molar-refractivity contribution in [2.75, 3.05) is 29.9 Å². The Morgan fingerprint density at radius 3 is 2.75 bits per heavy atom. The summed E-state index contributed by atoms with van der Waals surface area (Å²) in [6.45, 7) is 1.66. The molecule has 2 heterocycles. The molecule has 0 bridgehead atoms. The van der Waals surface area contributed by atoms with Crippen LogP contribution >= 0.6 is 11.6 Å². The number of hydrogen-bond acceptors (Lipinski definition) is 5. The number of hydrogen-bond donors (Lipinski definition) is 2. The zero-order valence-electron chi connectivity index (χ0n) is 15.2. The minimum absolute atomic E-state index is 0.0820. The van der Waals surface area contributed by atoms with E-state index in [1.165, 1.54) is 31.4 Å². The molecule has 0 saturated carbocycles. The van der Waals surface area contributed by atoms with E-state index in [0.717, 1.165) is 25.0 Å². The molecule has 1 aromatic heterocycles. The van der Waals surface area contributed by atoms with Gasteiger partial charge < -0.3 is 20.8 Å². The number of benzene rings is 1. The van der Waals surface area contributed by atoms with Crippen molar-refractivity contribution < 1.29 is 14.0 Å². The van der Waals surface area contributed by atoms with Crippen LogP contribution in [0, 0.1) is 5.82 Å². The summed E-state index contributed by atoms with van der Waals surface area (Å²) in [4.78, 5) is 23.5. The van der Waals surface area contributed by atoms with E-state index < -0.39 is 11.7 Å². The Morgan fingerprint density at radius 1 is 1.29 bits per heavy atom. The molecule has 1 saturated heterocycles. The molecule has 9 heteroatoms. The number of halogens is 2. The van der Waals surface area contributed by atoms with Crippen LogP contribution in [0.3, 0.4) is 0 Å². The predicted octanol–water partition coefficient (Wildman–Crippen LogP) is 3.14. The molecule has 28 heavy (non-hydrogen) atoms. The van der Waals surface area contributed by atoms with Gasteiger partial charge in [0, 0.05) is 30.5 Å². The minimum Gasteiger partial charge on any atom is -0.384 e. The van der Waals surface area contributed by atoms with Gasteiger partial charge >= 0.3 is 0 Å². The van der Waals surface area contributed by atoms with Crippen molar-refractivity contribution in [3.05, 3.63) is 52.9 Å². The molecular formula is C19H21ClFN5O2. The number of aromatic nitrogens is 1. The van der Waals surface area contributed by atoms with E-state index in [4.69, 9.17) is 22.2 Å². The third-order valence-electron chi connectivity index (χ3n) is 4.29. The van der Waals surface area contributed by atoms with Crippen LogP contribution in [0.2, 0.25) is 5.02 Å². The van der Waals surface area contributed by atoms with Gasteiger partial charge in [0.15, 0.2) is 12.4 Å². The first-order chi connectivity index (χ1) is 13.5. The van der Waals surface area contributed by atoms with E-state index in [-0.39, 0.29) is 17.5 Å². The number of oxime groups is 1. The normalized spacial score (nSPS) is 14.6. The first-order valence-corrected chi connectivity index (χ1v) is 9.32. The summed E-state index contributed by atoms with van der Waals surface area (Å²) >= 11 is 5.67. The van der Waals surface area contributed by atoms with Crippen molar-refractivity contribution in [2.45, 2.75) is 19.3 Å². The minimum atomic E-state index is -0.562. The lowest BCUT2D eigenvalue weighted by atomic mass is 10.1. The average molecular weight is 406 g/mol. The van der Waals surface area contributed by atoms with Crippen molar-refractivity contribution in [1.82, 2.24) is 4.98 Å². The molecule has 0 aliphatic carbocycles. The number of nitrogens with one attached hydrogen (secondary N) is 1. The fourth-order valence-corrected chi connectivity index (χ4v) is 3.01. The van der Waals surface area contributed by atoms with Gasteiger partial charge in [0.25, 0.3) is 5.91 Å². The maximum atomic E-state index is 13.1. The van der Waals surface area contributed by atoms with Gasteiger partial charge in [0.2, 0.25) is 0 Å². The maximum Gasteiger partial charge on any atom is 0.265 e. The summed E-state index contributed by atoms with van der Waals surface area (Å²) in [5.74, 6) is -0.00387. The second kappa shape index (κ2) is 9.36. The van der Waals surface area contributed by atoms with Gasteiger partial charge in [-0.2, -0.15) is 0 Å². The average Bonchev–Trinajstić information content (AvgIpc) is 2.71.